The molecule has 4 N–H and O–H groups in total. The van der Waals surface area contributed by atoms with E-state index in [0.717, 1.165) is 0 Å². The van der Waals surface area contributed by atoms with Crippen LogP contribution >= 0.6 is 23.5 Å². The van der Waals surface area contributed by atoms with Crippen LogP contribution in [0.2, 0.25) is 0 Å². The Morgan fingerprint density at radius 2 is 1.00 bits per heavy atom. The van der Waals surface area contributed by atoms with E-state index in [4.69, 9.17) is 9.47 Å². The average Bonchev–Trinajstić information content (AvgIpc) is 3.46. The van der Waals surface area contributed by atoms with Crippen molar-refractivity contribution in [3.05, 3.63) is 60.7 Å². The largest absolute Gasteiger partial charge is 0.484 e. The van der Waals surface area contributed by atoms with Crippen molar-refractivity contribution < 1.29 is 48.5 Å². The van der Waals surface area contributed by atoms with Gasteiger partial charge in [-0.3, -0.25) is 19.2 Å². The Hall–Kier alpha value is -4.44. The number of carboxylic acid groups (broad SMARTS) is 2. The van der Waals surface area contributed by atoms with Gasteiger partial charge in [0.1, 0.15) is 46.4 Å². The second-order valence-electron chi connectivity index (χ2n) is 12.5. The molecule has 4 amide bonds. The Labute approximate surface area is 284 Å². The van der Waals surface area contributed by atoms with Gasteiger partial charge in [-0.15, -0.1) is 23.5 Å². The van der Waals surface area contributed by atoms with Gasteiger partial charge in [-0.05, 0) is 52.0 Å². The van der Waals surface area contributed by atoms with Crippen LogP contribution < -0.4 is 20.1 Å². The van der Waals surface area contributed by atoms with E-state index in [-0.39, 0.29) is 35.8 Å². The Kier molecular flexibility index (Phi) is 9.87. The van der Waals surface area contributed by atoms with E-state index in [9.17, 15) is 39.0 Å². The molecular weight excluding hydrogens is 665 g/mol. The zero-order valence-corrected chi connectivity index (χ0v) is 28.2. The highest BCUT2D eigenvalue weighted by Crippen LogP contribution is 2.51. The Bertz CT molecular complexity index is 1470. The van der Waals surface area contributed by atoms with E-state index in [0.29, 0.717) is 11.5 Å². The predicted molar refractivity (Wildman–Crippen MR) is 175 cm³/mol. The number of ether oxygens (including phenoxy) is 2. The lowest BCUT2D eigenvalue weighted by molar-refractivity contribution is -0.161. The van der Waals surface area contributed by atoms with E-state index in [1.165, 1.54) is 33.3 Å². The second kappa shape index (κ2) is 13.6. The zero-order chi connectivity index (χ0) is 35.0. The normalized spacial score (nSPS) is 27.2. The molecule has 0 aromatic heterocycles. The van der Waals surface area contributed by atoms with E-state index in [1.807, 2.05) is 12.1 Å². The van der Waals surface area contributed by atoms with Gasteiger partial charge >= 0.3 is 11.9 Å². The third-order valence-electron chi connectivity index (χ3n) is 8.21. The first-order chi connectivity index (χ1) is 22.6. The van der Waals surface area contributed by atoms with E-state index in [2.05, 4.69) is 10.6 Å². The van der Waals surface area contributed by atoms with Crippen LogP contribution in [-0.2, 0) is 28.8 Å². The molecular formula is C32H36N4O10S2. The number of hydrogen-bond acceptors (Lipinski definition) is 10. The number of hydrogen-bond donors (Lipinski definition) is 4. The van der Waals surface area contributed by atoms with Crippen LogP contribution in [0.1, 0.15) is 27.7 Å². The number of nitrogens with zero attached hydrogens (tertiary/aromatic N) is 2. The number of carboxylic acids is 2. The number of aliphatic carboxylic acids is 2. The van der Waals surface area contributed by atoms with Crippen LogP contribution in [-0.4, -0.2) is 113 Å². The number of carbonyl (C=O) groups is 6. The number of thioether (sulfide) groups is 2. The van der Waals surface area contributed by atoms with E-state index in [1.54, 1.807) is 76.2 Å². The number of carbonyl (C=O) groups excluding carboxylic acids is 4. The maximum Gasteiger partial charge on any atom is 0.327 e. The lowest BCUT2D eigenvalue weighted by Crippen LogP contribution is -2.70. The number of β-lactam (4-membered cyclic amide) rings is 2. The fourth-order valence-corrected chi connectivity index (χ4v) is 9.30. The maximum absolute atomic E-state index is 12.2. The van der Waals surface area contributed by atoms with Gasteiger partial charge < -0.3 is 40.1 Å². The average molecular weight is 701 g/mol. The van der Waals surface area contributed by atoms with Crippen LogP contribution in [0.15, 0.2) is 60.7 Å². The first-order valence-electron chi connectivity index (χ1n) is 15.0. The minimum atomic E-state index is -1.03. The molecule has 2 aromatic carbocycles. The summed E-state index contributed by atoms with van der Waals surface area (Å²) in [5.41, 5.74) is 0. The van der Waals surface area contributed by atoms with Crippen molar-refractivity contribution in [1.82, 2.24) is 20.4 Å². The minimum Gasteiger partial charge on any atom is -0.484 e. The fraction of sp³-hybridized carbons (Fsp3) is 0.438. The first-order valence-corrected chi connectivity index (χ1v) is 16.8. The molecule has 48 heavy (non-hydrogen) atoms. The third kappa shape index (κ3) is 6.90. The first kappa shape index (κ1) is 34.9. The Morgan fingerprint density at radius 3 is 1.31 bits per heavy atom. The van der Waals surface area contributed by atoms with Crippen LogP contribution in [0.3, 0.4) is 0 Å². The van der Waals surface area contributed by atoms with E-state index >= 15 is 0 Å². The number of fused-ring (bicyclic) bond motifs is 2. The van der Waals surface area contributed by atoms with Crippen LogP contribution in [0, 0.1) is 0 Å². The molecule has 0 unspecified atom stereocenters. The van der Waals surface area contributed by atoms with Crippen molar-refractivity contribution in [2.24, 2.45) is 0 Å². The molecule has 0 saturated carbocycles. The molecule has 4 aliphatic heterocycles. The maximum atomic E-state index is 12.2. The molecule has 0 bridgehead atoms. The summed E-state index contributed by atoms with van der Waals surface area (Å²) in [7, 11) is 0. The van der Waals surface area contributed by atoms with Gasteiger partial charge in [-0.1, -0.05) is 36.4 Å². The number of rotatable bonds is 10. The van der Waals surface area contributed by atoms with Crippen LogP contribution in [0.5, 0.6) is 11.5 Å². The van der Waals surface area contributed by atoms with Crippen molar-refractivity contribution >= 4 is 59.1 Å². The predicted octanol–water partition coefficient (Wildman–Crippen LogP) is 1.39. The van der Waals surface area contributed by atoms with Gasteiger partial charge in [0, 0.05) is 9.49 Å². The summed E-state index contributed by atoms with van der Waals surface area (Å²) < 4.78 is 9.48. The third-order valence-corrected chi connectivity index (χ3v) is 11.4. The Morgan fingerprint density at radius 1 is 0.667 bits per heavy atom. The smallest absolute Gasteiger partial charge is 0.327 e. The summed E-state index contributed by atoms with van der Waals surface area (Å²) in [6.07, 6.45) is 0. The summed E-state index contributed by atoms with van der Waals surface area (Å²) in [6, 6.07) is 14.6. The second-order valence-corrected chi connectivity index (χ2v) is 16.0. The number of nitrogens with one attached hydrogen (secondary N) is 2. The molecule has 14 nitrogen and oxygen atoms in total. The molecule has 4 fully saturated rings. The lowest BCUT2D eigenvalue weighted by atomic mass is 9.96. The van der Waals surface area contributed by atoms with Crippen LogP contribution in [0.25, 0.3) is 0 Å². The topological polar surface area (TPSA) is 192 Å². The molecule has 0 radical (unpaired) electrons. The summed E-state index contributed by atoms with van der Waals surface area (Å²) >= 11 is 2.78. The lowest BCUT2D eigenvalue weighted by Gasteiger charge is -2.43. The standard InChI is InChI=1S/2C16H18N2O5S/c2*1-16(2)12(15(21)22)18-13(20)11(14(18)24-16)17-10(19)8-23-9-6-4-3-5-7-9/h2*3-7,11-12,14H,8H2,1-2H3,(H,17,19)(H,21,22)/t2*11-,12+,14-/m11/s1. The quantitative estimate of drug-likeness (QED) is 0.261. The van der Waals surface area contributed by atoms with Gasteiger partial charge in [0.25, 0.3) is 11.8 Å². The Balaban J connectivity index is 0.000000188. The van der Waals surface area contributed by atoms with Gasteiger partial charge in [-0.2, -0.15) is 0 Å². The van der Waals surface area contributed by atoms with Crippen molar-refractivity contribution in [3.63, 3.8) is 0 Å². The highest BCUT2D eigenvalue weighted by molar-refractivity contribution is 8.02. The number of benzene rings is 2. The van der Waals surface area contributed by atoms with Gasteiger partial charge in [0.2, 0.25) is 11.8 Å². The summed E-state index contributed by atoms with van der Waals surface area (Å²) in [4.78, 5) is 74.0. The van der Waals surface area contributed by atoms with Crippen molar-refractivity contribution in [2.75, 3.05) is 13.2 Å². The van der Waals surface area contributed by atoms with Gasteiger partial charge in [-0.25, -0.2) is 9.59 Å². The van der Waals surface area contributed by atoms with Crippen LogP contribution in [0.4, 0.5) is 0 Å². The van der Waals surface area contributed by atoms with Crippen molar-refractivity contribution in [3.8, 4) is 11.5 Å². The molecule has 256 valence electrons. The SMILES string of the molecule is CC1(C)S[C@@H]2[C@H](NC(=O)COc3ccccc3)C(=O)N2[C@H]1C(=O)O.CC1(C)S[C@@H]2[C@H](NC(=O)COc3ccccc3)C(=O)N2[C@H]1C(=O)O. The molecule has 0 aliphatic carbocycles. The number of para-hydroxylation sites is 2. The summed E-state index contributed by atoms with van der Waals surface area (Å²) in [5.74, 6) is -2.46. The monoisotopic (exact) mass is 700 g/mol. The fourth-order valence-electron chi connectivity index (χ4n) is 6.05. The molecule has 6 rings (SSSR count). The zero-order valence-electron chi connectivity index (χ0n) is 26.5. The molecule has 4 aliphatic rings. The number of amides is 4. The minimum absolute atomic E-state index is 0.197. The summed E-state index contributed by atoms with van der Waals surface area (Å²) in [6.45, 7) is 6.77. The molecule has 4 saturated heterocycles. The van der Waals surface area contributed by atoms with Crippen molar-refractivity contribution in [2.45, 2.75) is 72.1 Å². The van der Waals surface area contributed by atoms with Gasteiger partial charge in [0.15, 0.2) is 13.2 Å². The molecule has 16 heteroatoms. The van der Waals surface area contributed by atoms with E-state index < -0.39 is 57.4 Å². The highest BCUT2D eigenvalue weighted by atomic mass is 32.2. The molecule has 0 spiro atoms. The molecule has 6 atom stereocenters. The summed E-state index contributed by atoms with van der Waals surface area (Å²) in [5, 5.41) is 23.3. The molecule has 4 heterocycles. The molecule has 2 aromatic rings. The van der Waals surface area contributed by atoms with Crippen molar-refractivity contribution in [1.29, 1.82) is 0 Å². The highest BCUT2D eigenvalue weighted by Gasteiger charge is 2.65. The van der Waals surface area contributed by atoms with Gasteiger partial charge in [0.05, 0.1) is 0 Å².